The molecule has 190 valence electrons. The number of phenolic OH excluding ortho intramolecular Hbond substituents is 1. The Bertz CT molecular complexity index is 1250. The molecule has 1 aliphatic heterocycles. The number of benzene rings is 2. The Morgan fingerprint density at radius 2 is 1.86 bits per heavy atom. The molecule has 8 heteroatoms. The standard InChI is InChI=1S/C28H30ClNO6/c1-15-23(27(33)36-14-16-6-8-18(34-4)9-7-16)24(17-10-19(29)26(32)22(11-17)35-5)25-20(30-15)12-28(2,3)13-21(25)31/h6-11,23-24,30,32H,1,12-14H2,2-5H3. The van der Waals surface area contributed by atoms with Gasteiger partial charge in [0.1, 0.15) is 18.3 Å². The molecular formula is C28H30ClNO6. The molecule has 0 saturated carbocycles. The Balaban J connectivity index is 1.75. The molecule has 2 unspecified atom stereocenters. The maximum absolute atomic E-state index is 13.5. The van der Waals surface area contributed by atoms with Crippen molar-refractivity contribution in [3.8, 4) is 17.2 Å². The molecule has 2 aromatic carbocycles. The molecule has 1 heterocycles. The van der Waals surface area contributed by atoms with Crippen LogP contribution in [0, 0.1) is 11.3 Å². The van der Waals surface area contributed by atoms with Gasteiger partial charge in [-0.1, -0.05) is 44.2 Å². The second kappa shape index (κ2) is 9.90. The molecule has 1 aliphatic carbocycles. The summed E-state index contributed by atoms with van der Waals surface area (Å²) in [5.41, 5.74) is 2.81. The second-order valence-corrected chi connectivity index (χ2v) is 10.4. The fourth-order valence-electron chi connectivity index (χ4n) is 4.98. The van der Waals surface area contributed by atoms with Gasteiger partial charge in [0.05, 0.1) is 19.2 Å². The molecule has 2 N–H and O–H groups in total. The van der Waals surface area contributed by atoms with Gasteiger partial charge in [-0.15, -0.1) is 0 Å². The van der Waals surface area contributed by atoms with Crippen molar-refractivity contribution in [1.29, 1.82) is 0 Å². The molecule has 2 aromatic rings. The third-order valence-corrected chi connectivity index (χ3v) is 6.96. The molecule has 36 heavy (non-hydrogen) atoms. The third kappa shape index (κ3) is 4.93. The van der Waals surface area contributed by atoms with Gasteiger partial charge in [-0.2, -0.15) is 0 Å². The largest absolute Gasteiger partial charge is 0.503 e. The lowest BCUT2D eigenvalue weighted by molar-refractivity contribution is -0.149. The first-order valence-corrected chi connectivity index (χ1v) is 12.0. The molecule has 2 atom stereocenters. The SMILES string of the molecule is C=C1NC2=C(C(=O)CC(C)(C)C2)C(c2cc(Cl)c(O)c(OC)c2)C1C(=O)OCc1ccc(OC)cc1. The van der Waals surface area contributed by atoms with Gasteiger partial charge in [0.25, 0.3) is 0 Å². The normalized spacial score (nSPS) is 20.9. The van der Waals surface area contributed by atoms with E-state index in [1.165, 1.54) is 7.11 Å². The number of carbonyl (C=O) groups excluding carboxylic acids is 2. The Morgan fingerprint density at radius 3 is 2.50 bits per heavy atom. The zero-order valence-corrected chi connectivity index (χ0v) is 21.6. The first kappa shape index (κ1) is 25.6. The Morgan fingerprint density at radius 1 is 1.17 bits per heavy atom. The zero-order chi connectivity index (χ0) is 26.2. The number of phenols is 1. The number of methoxy groups -OCH3 is 2. The van der Waals surface area contributed by atoms with E-state index in [4.69, 9.17) is 25.8 Å². The van der Waals surface area contributed by atoms with Crippen LogP contribution in [-0.2, 0) is 20.9 Å². The first-order valence-electron chi connectivity index (χ1n) is 11.6. The highest BCUT2D eigenvalue weighted by molar-refractivity contribution is 6.32. The zero-order valence-electron chi connectivity index (χ0n) is 20.8. The summed E-state index contributed by atoms with van der Waals surface area (Å²) in [5.74, 6) is -1.53. The molecule has 0 saturated heterocycles. The molecule has 0 fully saturated rings. The van der Waals surface area contributed by atoms with Crippen LogP contribution in [0.1, 0.15) is 43.7 Å². The summed E-state index contributed by atoms with van der Waals surface area (Å²) in [7, 11) is 2.99. The number of ether oxygens (including phenoxy) is 3. The highest BCUT2D eigenvalue weighted by Gasteiger charge is 2.47. The number of hydrogen-bond donors (Lipinski definition) is 2. The minimum Gasteiger partial charge on any atom is -0.503 e. The number of allylic oxidation sites excluding steroid dienone is 2. The average molecular weight is 512 g/mol. The maximum Gasteiger partial charge on any atom is 0.316 e. The van der Waals surface area contributed by atoms with E-state index < -0.39 is 17.8 Å². The summed E-state index contributed by atoms with van der Waals surface area (Å²) in [4.78, 5) is 27.0. The van der Waals surface area contributed by atoms with Crippen LogP contribution >= 0.6 is 11.6 Å². The highest BCUT2D eigenvalue weighted by Crippen LogP contribution is 2.50. The van der Waals surface area contributed by atoms with Crippen molar-refractivity contribution in [2.75, 3.05) is 14.2 Å². The van der Waals surface area contributed by atoms with Crippen molar-refractivity contribution in [1.82, 2.24) is 5.32 Å². The number of aromatic hydroxyl groups is 1. The number of rotatable bonds is 6. The van der Waals surface area contributed by atoms with Gasteiger partial charge in [-0.25, -0.2) is 0 Å². The summed E-state index contributed by atoms with van der Waals surface area (Å²) < 4.78 is 16.2. The third-order valence-electron chi connectivity index (χ3n) is 6.68. The van der Waals surface area contributed by atoms with Crippen LogP contribution in [0.5, 0.6) is 17.2 Å². The molecule has 2 aliphatic rings. The van der Waals surface area contributed by atoms with Crippen LogP contribution < -0.4 is 14.8 Å². The Labute approximate surface area is 215 Å². The van der Waals surface area contributed by atoms with Crippen molar-refractivity contribution in [3.63, 3.8) is 0 Å². The molecule has 7 nitrogen and oxygen atoms in total. The second-order valence-electron chi connectivity index (χ2n) is 9.95. The van der Waals surface area contributed by atoms with E-state index >= 15 is 0 Å². The lowest BCUT2D eigenvalue weighted by Gasteiger charge is -2.42. The van der Waals surface area contributed by atoms with Crippen LogP contribution in [0.4, 0.5) is 0 Å². The topological polar surface area (TPSA) is 94.1 Å². The lowest BCUT2D eigenvalue weighted by Crippen LogP contribution is -2.43. The van der Waals surface area contributed by atoms with Gasteiger partial charge in [0.2, 0.25) is 0 Å². The molecule has 0 spiro atoms. The van der Waals surface area contributed by atoms with Gasteiger partial charge in [0.15, 0.2) is 17.3 Å². The number of esters is 1. The van der Waals surface area contributed by atoms with E-state index in [0.717, 1.165) is 11.3 Å². The quantitative estimate of drug-likeness (QED) is 0.510. The van der Waals surface area contributed by atoms with E-state index in [9.17, 15) is 14.7 Å². The van der Waals surface area contributed by atoms with Gasteiger partial charge >= 0.3 is 5.97 Å². The van der Waals surface area contributed by atoms with Crippen molar-refractivity contribution in [2.24, 2.45) is 11.3 Å². The highest BCUT2D eigenvalue weighted by atomic mass is 35.5. The van der Waals surface area contributed by atoms with Crippen LogP contribution in [0.3, 0.4) is 0 Å². The van der Waals surface area contributed by atoms with Crippen LogP contribution in [-0.4, -0.2) is 31.1 Å². The summed E-state index contributed by atoms with van der Waals surface area (Å²) in [6.07, 6.45) is 0.965. The van der Waals surface area contributed by atoms with E-state index in [2.05, 4.69) is 11.9 Å². The number of carbonyl (C=O) groups is 2. The molecule has 4 rings (SSSR count). The Kier molecular flexibility index (Phi) is 7.05. The average Bonchev–Trinajstić information content (AvgIpc) is 2.82. The Hall–Kier alpha value is -3.45. The van der Waals surface area contributed by atoms with E-state index in [-0.39, 0.29) is 34.3 Å². The predicted octanol–water partition coefficient (Wildman–Crippen LogP) is 5.27. The van der Waals surface area contributed by atoms with Crippen LogP contribution in [0.25, 0.3) is 0 Å². The van der Waals surface area contributed by atoms with Crippen molar-refractivity contribution in [2.45, 2.75) is 39.2 Å². The van der Waals surface area contributed by atoms with Gasteiger partial charge in [-0.05, 0) is 47.2 Å². The van der Waals surface area contributed by atoms with E-state index in [0.29, 0.717) is 35.4 Å². The van der Waals surface area contributed by atoms with Gasteiger partial charge in [0, 0.05) is 29.3 Å². The maximum atomic E-state index is 13.5. The summed E-state index contributed by atoms with van der Waals surface area (Å²) >= 11 is 6.31. The molecule has 0 bridgehead atoms. The van der Waals surface area contributed by atoms with Crippen molar-refractivity contribution < 1.29 is 28.9 Å². The molecule has 0 amide bonds. The first-order chi connectivity index (χ1) is 17.0. The van der Waals surface area contributed by atoms with Gasteiger partial charge in [-0.3, -0.25) is 9.59 Å². The van der Waals surface area contributed by atoms with E-state index in [1.54, 1.807) is 31.4 Å². The fraction of sp³-hybridized carbons (Fsp3) is 0.357. The molecule has 0 radical (unpaired) electrons. The van der Waals surface area contributed by atoms with Gasteiger partial charge < -0.3 is 24.6 Å². The minimum absolute atomic E-state index is 0.0475. The van der Waals surface area contributed by atoms with Crippen LogP contribution in [0.15, 0.2) is 59.9 Å². The number of hydrogen-bond acceptors (Lipinski definition) is 7. The predicted molar refractivity (Wildman–Crippen MR) is 136 cm³/mol. The summed E-state index contributed by atoms with van der Waals surface area (Å²) in [6, 6.07) is 10.4. The molecular weight excluding hydrogens is 482 g/mol. The molecule has 0 aromatic heterocycles. The van der Waals surface area contributed by atoms with Crippen molar-refractivity contribution >= 4 is 23.4 Å². The smallest absolute Gasteiger partial charge is 0.316 e. The summed E-state index contributed by atoms with van der Waals surface area (Å²) in [6.45, 7) is 8.24. The number of nitrogens with one attached hydrogen (secondary N) is 1. The van der Waals surface area contributed by atoms with Crippen LogP contribution in [0.2, 0.25) is 5.02 Å². The monoisotopic (exact) mass is 511 g/mol. The minimum atomic E-state index is -0.891. The number of halogens is 1. The fourth-order valence-corrected chi connectivity index (χ4v) is 5.20. The summed E-state index contributed by atoms with van der Waals surface area (Å²) in [5, 5.41) is 13.6. The number of ketones is 1. The number of Topliss-reactive ketones (excluding diaryl/α,β-unsaturated/α-hetero) is 1. The van der Waals surface area contributed by atoms with Crippen molar-refractivity contribution in [3.05, 3.63) is 76.1 Å². The lowest BCUT2D eigenvalue weighted by atomic mass is 9.66. The van der Waals surface area contributed by atoms with E-state index in [1.807, 2.05) is 26.0 Å².